The van der Waals surface area contributed by atoms with Crippen molar-refractivity contribution in [2.24, 2.45) is 0 Å². The fourth-order valence-corrected chi connectivity index (χ4v) is 2.51. The highest BCUT2D eigenvalue weighted by Crippen LogP contribution is 2.25. The Labute approximate surface area is 107 Å². The number of carboxylic acid groups (broad SMARTS) is 1. The molecule has 0 amide bonds. The van der Waals surface area contributed by atoms with Gasteiger partial charge in [-0.05, 0) is 31.0 Å². The van der Waals surface area contributed by atoms with Gasteiger partial charge in [-0.15, -0.1) is 0 Å². The van der Waals surface area contributed by atoms with Crippen LogP contribution in [0.5, 0.6) is 0 Å². The number of nitrogens with one attached hydrogen (secondary N) is 1. The van der Waals surface area contributed by atoms with Crippen molar-refractivity contribution in [1.29, 1.82) is 0 Å². The highest BCUT2D eigenvalue weighted by molar-refractivity contribution is 5.95. The third kappa shape index (κ3) is 3.15. The van der Waals surface area contributed by atoms with Crippen LogP contribution < -0.4 is 11.1 Å². The number of carboxylic acids is 1. The Kier molecular flexibility index (Phi) is 4.07. The minimum atomic E-state index is -0.911. The Bertz CT molecular complexity index is 424. The van der Waals surface area contributed by atoms with Gasteiger partial charge in [0.15, 0.2) is 0 Å². The largest absolute Gasteiger partial charge is 0.478 e. The monoisotopic (exact) mass is 248 g/mol. The average molecular weight is 248 g/mol. The minimum absolute atomic E-state index is 0.299. The summed E-state index contributed by atoms with van der Waals surface area (Å²) in [6.07, 6.45) is 7.19. The van der Waals surface area contributed by atoms with Crippen LogP contribution in [0.4, 0.5) is 11.4 Å². The number of nitrogen functional groups attached to an aromatic ring is 1. The Balaban J connectivity index is 2.15. The maximum absolute atomic E-state index is 11.2. The van der Waals surface area contributed by atoms with Crippen molar-refractivity contribution in [1.82, 2.24) is 0 Å². The Morgan fingerprint density at radius 2 is 1.89 bits per heavy atom. The van der Waals surface area contributed by atoms with E-state index in [1.807, 2.05) is 0 Å². The SMILES string of the molecule is Nc1ccc(C(=O)O)c(NC2CCCCCC2)c1. The van der Waals surface area contributed by atoms with E-state index in [2.05, 4.69) is 5.32 Å². The quantitative estimate of drug-likeness (QED) is 0.567. The van der Waals surface area contributed by atoms with Gasteiger partial charge in [-0.3, -0.25) is 0 Å². The van der Waals surface area contributed by atoms with Crippen LogP contribution in [0.2, 0.25) is 0 Å². The van der Waals surface area contributed by atoms with Gasteiger partial charge in [0.05, 0.1) is 11.3 Å². The lowest BCUT2D eigenvalue weighted by atomic mass is 10.1. The molecule has 0 atom stereocenters. The van der Waals surface area contributed by atoms with E-state index in [0.717, 1.165) is 12.8 Å². The zero-order valence-electron chi connectivity index (χ0n) is 10.5. The van der Waals surface area contributed by atoms with Crippen molar-refractivity contribution in [3.8, 4) is 0 Å². The summed E-state index contributed by atoms with van der Waals surface area (Å²) in [6.45, 7) is 0. The maximum atomic E-state index is 11.2. The molecule has 1 aliphatic rings. The molecule has 18 heavy (non-hydrogen) atoms. The molecule has 4 heteroatoms. The van der Waals surface area contributed by atoms with E-state index in [1.165, 1.54) is 25.7 Å². The maximum Gasteiger partial charge on any atom is 0.337 e. The molecule has 1 aliphatic carbocycles. The lowest BCUT2D eigenvalue weighted by Gasteiger charge is -2.19. The van der Waals surface area contributed by atoms with Crippen molar-refractivity contribution in [2.75, 3.05) is 11.1 Å². The molecular weight excluding hydrogens is 228 g/mol. The minimum Gasteiger partial charge on any atom is -0.478 e. The Hall–Kier alpha value is -1.71. The zero-order chi connectivity index (χ0) is 13.0. The summed E-state index contributed by atoms with van der Waals surface area (Å²) >= 11 is 0. The fraction of sp³-hybridized carbons (Fsp3) is 0.500. The molecule has 98 valence electrons. The summed E-state index contributed by atoms with van der Waals surface area (Å²) in [5.74, 6) is -0.911. The summed E-state index contributed by atoms with van der Waals surface area (Å²) in [6, 6.07) is 5.28. The first-order chi connectivity index (χ1) is 8.66. The Morgan fingerprint density at radius 1 is 1.22 bits per heavy atom. The summed E-state index contributed by atoms with van der Waals surface area (Å²) in [5, 5.41) is 12.5. The molecule has 1 aromatic rings. The van der Waals surface area contributed by atoms with Gasteiger partial charge >= 0.3 is 5.97 Å². The summed E-state index contributed by atoms with van der Waals surface area (Å²) in [4.78, 5) is 11.2. The smallest absolute Gasteiger partial charge is 0.337 e. The lowest BCUT2D eigenvalue weighted by Crippen LogP contribution is -2.20. The van der Waals surface area contributed by atoms with Gasteiger partial charge in [0.25, 0.3) is 0 Å². The molecule has 1 saturated carbocycles. The topological polar surface area (TPSA) is 75.4 Å². The molecule has 0 aliphatic heterocycles. The number of aromatic carboxylic acids is 1. The molecule has 0 aromatic heterocycles. The number of benzene rings is 1. The van der Waals surface area contributed by atoms with E-state index < -0.39 is 5.97 Å². The third-order valence-corrected chi connectivity index (χ3v) is 3.49. The lowest BCUT2D eigenvalue weighted by molar-refractivity contribution is 0.0698. The molecule has 0 radical (unpaired) electrons. The second-order valence-corrected chi connectivity index (χ2v) is 4.94. The van der Waals surface area contributed by atoms with Crippen LogP contribution in [0.15, 0.2) is 18.2 Å². The van der Waals surface area contributed by atoms with Gasteiger partial charge in [-0.2, -0.15) is 0 Å². The van der Waals surface area contributed by atoms with E-state index in [1.54, 1.807) is 18.2 Å². The first-order valence-corrected chi connectivity index (χ1v) is 6.56. The van der Waals surface area contributed by atoms with E-state index in [4.69, 9.17) is 10.8 Å². The average Bonchev–Trinajstić information content (AvgIpc) is 2.57. The van der Waals surface area contributed by atoms with Crippen molar-refractivity contribution >= 4 is 17.3 Å². The number of nitrogens with two attached hydrogens (primary N) is 1. The van der Waals surface area contributed by atoms with Gasteiger partial charge in [-0.1, -0.05) is 25.7 Å². The molecule has 0 saturated heterocycles. The van der Waals surface area contributed by atoms with Gasteiger partial charge in [-0.25, -0.2) is 4.79 Å². The molecule has 0 unspecified atom stereocenters. The number of anilines is 2. The van der Waals surface area contributed by atoms with E-state index in [-0.39, 0.29) is 0 Å². The zero-order valence-corrected chi connectivity index (χ0v) is 10.5. The molecule has 4 nitrogen and oxygen atoms in total. The molecule has 0 bridgehead atoms. The van der Waals surface area contributed by atoms with Gasteiger partial charge in [0, 0.05) is 11.7 Å². The van der Waals surface area contributed by atoms with Crippen LogP contribution in [-0.2, 0) is 0 Å². The molecule has 1 fully saturated rings. The summed E-state index contributed by atoms with van der Waals surface area (Å²) < 4.78 is 0. The van der Waals surface area contributed by atoms with Crippen LogP contribution in [0.25, 0.3) is 0 Å². The third-order valence-electron chi connectivity index (χ3n) is 3.49. The summed E-state index contributed by atoms with van der Waals surface area (Å²) in [5.41, 5.74) is 7.27. The van der Waals surface area contributed by atoms with Crippen molar-refractivity contribution < 1.29 is 9.90 Å². The predicted octanol–water partition coefficient (Wildman–Crippen LogP) is 3.10. The van der Waals surface area contributed by atoms with Crippen molar-refractivity contribution in [2.45, 2.75) is 44.6 Å². The second kappa shape index (κ2) is 5.76. The number of hydrogen-bond acceptors (Lipinski definition) is 3. The second-order valence-electron chi connectivity index (χ2n) is 4.94. The van der Waals surface area contributed by atoms with Crippen LogP contribution in [0.3, 0.4) is 0 Å². The van der Waals surface area contributed by atoms with Crippen molar-refractivity contribution in [3.63, 3.8) is 0 Å². The molecule has 4 N–H and O–H groups in total. The predicted molar refractivity (Wildman–Crippen MR) is 72.9 cm³/mol. The standard InChI is InChI=1S/C14H20N2O2/c15-10-7-8-12(14(17)18)13(9-10)16-11-5-3-1-2-4-6-11/h7-9,11,16H,1-6,15H2,(H,17,18). The molecular formula is C14H20N2O2. The highest BCUT2D eigenvalue weighted by Gasteiger charge is 2.16. The highest BCUT2D eigenvalue weighted by atomic mass is 16.4. The number of carbonyl (C=O) groups is 1. The first-order valence-electron chi connectivity index (χ1n) is 6.56. The van der Waals surface area contributed by atoms with E-state index in [9.17, 15) is 4.79 Å². The normalized spacial score (nSPS) is 17.1. The molecule has 1 aromatic carbocycles. The van der Waals surface area contributed by atoms with E-state index in [0.29, 0.717) is 23.0 Å². The van der Waals surface area contributed by atoms with Crippen LogP contribution in [-0.4, -0.2) is 17.1 Å². The van der Waals surface area contributed by atoms with Gasteiger partial charge < -0.3 is 16.2 Å². The van der Waals surface area contributed by atoms with Crippen molar-refractivity contribution in [3.05, 3.63) is 23.8 Å². The van der Waals surface area contributed by atoms with Crippen LogP contribution >= 0.6 is 0 Å². The first kappa shape index (κ1) is 12.7. The molecule has 0 spiro atoms. The van der Waals surface area contributed by atoms with E-state index >= 15 is 0 Å². The molecule has 2 rings (SSSR count). The van der Waals surface area contributed by atoms with Gasteiger partial charge in [0.2, 0.25) is 0 Å². The number of hydrogen-bond donors (Lipinski definition) is 3. The number of rotatable bonds is 3. The Morgan fingerprint density at radius 3 is 2.50 bits per heavy atom. The molecule has 0 heterocycles. The summed E-state index contributed by atoms with van der Waals surface area (Å²) in [7, 11) is 0. The van der Waals surface area contributed by atoms with Crippen LogP contribution in [0, 0.1) is 0 Å². The fourth-order valence-electron chi connectivity index (χ4n) is 2.51. The van der Waals surface area contributed by atoms with Crippen LogP contribution in [0.1, 0.15) is 48.9 Å². The van der Waals surface area contributed by atoms with Gasteiger partial charge in [0.1, 0.15) is 0 Å².